The van der Waals surface area contributed by atoms with Crippen molar-refractivity contribution in [2.45, 2.75) is 0 Å². The molecule has 0 aliphatic carbocycles. The Bertz CT molecular complexity index is 165. The summed E-state index contributed by atoms with van der Waals surface area (Å²) < 4.78 is 0. The quantitative estimate of drug-likeness (QED) is 0.495. The van der Waals surface area contributed by atoms with E-state index in [9.17, 15) is 0 Å². The van der Waals surface area contributed by atoms with Crippen LogP contribution in [0.1, 0.15) is 0 Å². The van der Waals surface area contributed by atoms with Gasteiger partial charge in [0.1, 0.15) is 0 Å². The van der Waals surface area contributed by atoms with Crippen LogP contribution in [0.2, 0.25) is 0 Å². The first kappa shape index (κ1) is 9.61. The average molecular weight is 185 g/mol. The molecule has 1 heterocycles. The fourth-order valence-electron chi connectivity index (χ4n) is 0.983. The number of nitrogens with one attached hydrogen (secondary N) is 1. The van der Waals surface area contributed by atoms with Gasteiger partial charge in [0.05, 0.1) is 0 Å². The molecule has 0 saturated carbocycles. The fraction of sp³-hybridized carbons (Fsp3) is 0.625. The summed E-state index contributed by atoms with van der Waals surface area (Å²) in [6, 6.07) is 0. The van der Waals surface area contributed by atoms with Crippen LogP contribution in [0.3, 0.4) is 0 Å². The zero-order valence-corrected chi connectivity index (χ0v) is 8.17. The summed E-state index contributed by atoms with van der Waals surface area (Å²) in [4.78, 5) is 0. The Kier molecular flexibility index (Phi) is 4.18. The topological polar surface area (TPSA) is 27.6 Å². The van der Waals surface area contributed by atoms with Crippen molar-refractivity contribution in [2.24, 2.45) is 11.0 Å². The summed E-state index contributed by atoms with van der Waals surface area (Å²) in [6.07, 6.45) is 6.07. The lowest BCUT2D eigenvalue weighted by molar-refractivity contribution is 0.472. The average Bonchev–Trinajstić information content (AvgIpc) is 2.09. The van der Waals surface area contributed by atoms with Crippen LogP contribution in [0, 0.1) is 5.92 Å². The van der Waals surface area contributed by atoms with Crippen LogP contribution >= 0.6 is 12.6 Å². The lowest BCUT2D eigenvalue weighted by Gasteiger charge is -2.16. The smallest absolute Gasteiger partial charge is 0.0331 e. The van der Waals surface area contributed by atoms with Crippen LogP contribution in [0.4, 0.5) is 0 Å². The van der Waals surface area contributed by atoms with Crippen molar-refractivity contribution in [1.82, 2.24) is 10.3 Å². The molecule has 12 heavy (non-hydrogen) atoms. The van der Waals surface area contributed by atoms with E-state index in [-0.39, 0.29) is 0 Å². The summed E-state index contributed by atoms with van der Waals surface area (Å²) in [7, 11) is 1.92. The Balaban J connectivity index is 2.17. The first-order valence-corrected chi connectivity index (χ1v) is 4.73. The van der Waals surface area contributed by atoms with Crippen molar-refractivity contribution in [3.8, 4) is 0 Å². The van der Waals surface area contributed by atoms with E-state index in [2.05, 4.69) is 29.1 Å². The second-order valence-electron chi connectivity index (χ2n) is 2.77. The maximum Gasteiger partial charge on any atom is 0.0331 e. The molecule has 0 aromatic heterocycles. The first-order chi connectivity index (χ1) is 5.83. The van der Waals surface area contributed by atoms with Crippen molar-refractivity contribution < 1.29 is 0 Å². The summed E-state index contributed by atoms with van der Waals surface area (Å²) in [6.45, 7) is 1.91. The molecule has 0 aromatic carbocycles. The number of thiol groups is 1. The van der Waals surface area contributed by atoms with E-state index in [1.54, 1.807) is 5.01 Å². The van der Waals surface area contributed by atoms with Gasteiger partial charge in [-0.05, 0) is 0 Å². The van der Waals surface area contributed by atoms with Crippen LogP contribution < -0.4 is 5.32 Å². The Morgan fingerprint density at radius 3 is 3.08 bits per heavy atom. The maximum atomic E-state index is 4.15. The second kappa shape index (κ2) is 5.22. The molecule has 0 radical (unpaired) electrons. The van der Waals surface area contributed by atoms with Crippen molar-refractivity contribution in [3.05, 3.63) is 12.3 Å². The third-order valence-electron chi connectivity index (χ3n) is 1.66. The van der Waals surface area contributed by atoms with E-state index >= 15 is 0 Å². The normalized spacial score (nSPS) is 21.8. The number of rotatable bonds is 4. The highest BCUT2D eigenvalue weighted by Gasteiger charge is 2.04. The number of nitrogens with zero attached hydrogens (tertiary/aromatic N) is 2. The minimum Gasteiger partial charge on any atom is -0.315 e. The van der Waals surface area contributed by atoms with Gasteiger partial charge in [-0.2, -0.15) is 17.7 Å². The van der Waals surface area contributed by atoms with E-state index in [0.717, 1.165) is 18.8 Å². The molecule has 3 nitrogen and oxygen atoms in total. The highest BCUT2D eigenvalue weighted by Crippen LogP contribution is 2.01. The third kappa shape index (κ3) is 3.28. The highest BCUT2D eigenvalue weighted by molar-refractivity contribution is 7.80. The summed E-state index contributed by atoms with van der Waals surface area (Å²) in [5, 5.41) is 9.24. The zero-order valence-electron chi connectivity index (χ0n) is 7.27. The molecule has 68 valence electrons. The van der Waals surface area contributed by atoms with Crippen LogP contribution in [0.15, 0.2) is 17.4 Å². The van der Waals surface area contributed by atoms with Crippen molar-refractivity contribution >= 4 is 18.8 Å². The van der Waals surface area contributed by atoms with Crippen LogP contribution in [0.5, 0.6) is 0 Å². The molecule has 1 aliphatic rings. The van der Waals surface area contributed by atoms with Crippen molar-refractivity contribution in [1.29, 1.82) is 0 Å². The van der Waals surface area contributed by atoms with E-state index in [1.807, 2.05) is 19.5 Å². The third-order valence-corrected chi connectivity index (χ3v) is 1.88. The van der Waals surface area contributed by atoms with E-state index in [1.165, 1.54) is 0 Å². The fourth-order valence-corrected chi connectivity index (χ4v) is 1.14. The van der Waals surface area contributed by atoms with Crippen molar-refractivity contribution in [3.63, 3.8) is 0 Å². The molecular formula is C8H15N3S. The van der Waals surface area contributed by atoms with Gasteiger partial charge in [0, 0.05) is 44.2 Å². The molecule has 0 spiro atoms. The molecule has 0 bridgehead atoms. The zero-order chi connectivity index (χ0) is 8.81. The van der Waals surface area contributed by atoms with E-state index < -0.39 is 0 Å². The predicted molar refractivity (Wildman–Crippen MR) is 55.6 cm³/mol. The first-order valence-electron chi connectivity index (χ1n) is 4.10. The molecule has 1 unspecified atom stereocenters. The van der Waals surface area contributed by atoms with Crippen LogP contribution in [-0.4, -0.2) is 37.1 Å². The minimum absolute atomic E-state index is 0.432. The molecular weight excluding hydrogens is 170 g/mol. The van der Waals surface area contributed by atoms with Gasteiger partial charge in [0.2, 0.25) is 0 Å². The van der Waals surface area contributed by atoms with Crippen LogP contribution in [-0.2, 0) is 0 Å². The summed E-state index contributed by atoms with van der Waals surface area (Å²) in [5.41, 5.74) is 0. The SMILES string of the molecule is CN1C=CC(CNCCS)C=N1. The Morgan fingerprint density at radius 2 is 2.50 bits per heavy atom. The van der Waals surface area contributed by atoms with Gasteiger partial charge >= 0.3 is 0 Å². The minimum atomic E-state index is 0.432. The standard InChI is InChI=1S/C8H15N3S/c1-11-4-2-8(7-10-11)6-9-3-5-12/h2,4,7-9,12H,3,5-6H2,1H3. The molecule has 4 heteroatoms. The summed E-state index contributed by atoms with van der Waals surface area (Å²) in [5.74, 6) is 1.31. The molecule has 0 amide bonds. The number of hydrazone groups is 1. The number of hydrogen-bond donors (Lipinski definition) is 2. The lowest BCUT2D eigenvalue weighted by Crippen LogP contribution is -2.26. The molecule has 1 rings (SSSR count). The van der Waals surface area contributed by atoms with Gasteiger partial charge < -0.3 is 5.32 Å². The number of hydrogen-bond acceptors (Lipinski definition) is 4. The van der Waals surface area contributed by atoms with Gasteiger partial charge in [-0.1, -0.05) is 6.08 Å². The predicted octanol–water partition coefficient (Wildman–Crippen LogP) is 0.567. The van der Waals surface area contributed by atoms with Gasteiger partial charge in [0.25, 0.3) is 0 Å². The second-order valence-corrected chi connectivity index (χ2v) is 3.22. The van der Waals surface area contributed by atoms with Gasteiger partial charge in [-0.25, -0.2) is 0 Å². The summed E-state index contributed by atoms with van der Waals surface area (Å²) >= 11 is 4.11. The highest BCUT2D eigenvalue weighted by atomic mass is 32.1. The monoisotopic (exact) mass is 185 g/mol. The van der Waals surface area contributed by atoms with Gasteiger partial charge in [-0.15, -0.1) is 0 Å². The van der Waals surface area contributed by atoms with Gasteiger partial charge in [0.15, 0.2) is 0 Å². The Hall–Kier alpha value is -0.480. The molecule has 0 aromatic rings. The molecule has 0 saturated heterocycles. The van der Waals surface area contributed by atoms with Crippen molar-refractivity contribution in [2.75, 3.05) is 25.9 Å². The Morgan fingerprint density at radius 1 is 1.67 bits per heavy atom. The van der Waals surface area contributed by atoms with E-state index in [4.69, 9.17) is 0 Å². The van der Waals surface area contributed by atoms with Crippen LogP contribution in [0.25, 0.3) is 0 Å². The lowest BCUT2D eigenvalue weighted by atomic mass is 10.1. The molecule has 1 aliphatic heterocycles. The molecule has 0 fully saturated rings. The van der Waals surface area contributed by atoms with Gasteiger partial charge in [-0.3, -0.25) is 5.01 Å². The Labute approximate surface area is 78.9 Å². The van der Waals surface area contributed by atoms with E-state index in [0.29, 0.717) is 5.92 Å². The molecule has 1 atom stereocenters. The molecule has 1 N–H and O–H groups in total. The largest absolute Gasteiger partial charge is 0.315 e. The maximum absolute atomic E-state index is 4.15.